The molecule has 0 aliphatic rings. The number of nitrogens with zero attached hydrogens (tertiary/aromatic N) is 1. The first-order valence-corrected chi connectivity index (χ1v) is 6.77. The Morgan fingerprint density at radius 1 is 1.22 bits per heavy atom. The van der Waals surface area contributed by atoms with Crippen LogP contribution in [0.2, 0.25) is 0 Å². The van der Waals surface area contributed by atoms with Gasteiger partial charge in [-0.3, -0.25) is 9.78 Å². The lowest BCUT2D eigenvalue weighted by molar-refractivity contribution is 0.0599. The van der Waals surface area contributed by atoms with Crippen molar-refractivity contribution in [3.05, 3.63) is 65.0 Å². The lowest BCUT2D eigenvalue weighted by atomic mass is 10.1. The highest BCUT2D eigenvalue weighted by molar-refractivity contribution is 5.94. The molecule has 0 unspecified atom stereocenters. The Labute approximate surface area is 131 Å². The smallest absolute Gasteiger partial charge is 0.339 e. The first-order valence-electron chi connectivity index (χ1n) is 6.77. The van der Waals surface area contributed by atoms with E-state index < -0.39 is 23.5 Å². The molecule has 0 fully saturated rings. The van der Waals surface area contributed by atoms with E-state index in [0.29, 0.717) is 5.56 Å². The molecule has 0 aliphatic heterocycles. The molecule has 5 nitrogen and oxygen atoms in total. The van der Waals surface area contributed by atoms with Crippen LogP contribution in [0.25, 0.3) is 0 Å². The van der Waals surface area contributed by atoms with Crippen LogP contribution in [-0.4, -0.2) is 30.5 Å². The van der Waals surface area contributed by atoms with Crippen molar-refractivity contribution in [1.29, 1.82) is 0 Å². The minimum atomic E-state index is -0.653. The number of hydrogen-bond donors (Lipinski definition) is 1. The van der Waals surface area contributed by atoms with Gasteiger partial charge in [0.2, 0.25) is 0 Å². The molecule has 120 valence electrons. The monoisotopic (exact) mass is 320 g/mol. The number of amides is 1. The number of carbonyl (C=O) groups excluding carboxylic acids is 2. The molecule has 0 saturated carbocycles. The molecule has 0 aliphatic carbocycles. The fraction of sp³-hybridized carbons (Fsp3) is 0.188. The summed E-state index contributed by atoms with van der Waals surface area (Å²) in [5, 5.41) is 2.57. The number of aromatic nitrogens is 1. The first-order chi connectivity index (χ1) is 11.0. The van der Waals surface area contributed by atoms with Crippen molar-refractivity contribution in [3.8, 4) is 0 Å². The second-order valence-corrected chi connectivity index (χ2v) is 4.67. The molecule has 1 aromatic heterocycles. The van der Waals surface area contributed by atoms with Crippen molar-refractivity contribution in [2.24, 2.45) is 0 Å². The summed E-state index contributed by atoms with van der Waals surface area (Å²) in [5.41, 5.74) is 0.662. The fourth-order valence-corrected chi connectivity index (χ4v) is 1.89. The molecule has 23 heavy (non-hydrogen) atoms. The van der Waals surface area contributed by atoms with Crippen LogP contribution in [0.15, 0.2) is 36.5 Å². The zero-order valence-electron chi connectivity index (χ0n) is 12.3. The quantitative estimate of drug-likeness (QED) is 0.857. The Hall–Kier alpha value is -2.83. The number of nitrogens with one attached hydrogen (secondary N) is 1. The molecular weight excluding hydrogens is 306 g/mol. The second kappa shape index (κ2) is 7.44. The van der Waals surface area contributed by atoms with Crippen molar-refractivity contribution in [2.45, 2.75) is 6.42 Å². The van der Waals surface area contributed by atoms with E-state index in [2.05, 4.69) is 15.0 Å². The van der Waals surface area contributed by atoms with Crippen molar-refractivity contribution in [3.63, 3.8) is 0 Å². The van der Waals surface area contributed by atoms with Gasteiger partial charge in [0.15, 0.2) is 0 Å². The Balaban J connectivity index is 1.90. The minimum Gasteiger partial charge on any atom is -0.465 e. The second-order valence-electron chi connectivity index (χ2n) is 4.67. The molecule has 0 atom stereocenters. The van der Waals surface area contributed by atoms with E-state index in [1.807, 2.05) is 0 Å². The van der Waals surface area contributed by atoms with Crippen molar-refractivity contribution >= 4 is 11.9 Å². The van der Waals surface area contributed by atoms with E-state index >= 15 is 0 Å². The van der Waals surface area contributed by atoms with Crippen molar-refractivity contribution in [1.82, 2.24) is 10.3 Å². The molecule has 2 aromatic rings. The topological polar surface area (TPSA) is 68.3 Å². The largest absolute Gasteiger partial charge is 0.465 e. The molecule has 0 spiro atoms. The molecule has 1 aromatic carbocycles. The number of carbonyl (C=O) groups is 2. The summed E-state index contributed by atoms with van der Waals surface area (Å²) >= 11 is 0. The lowest BCUT2D eigenvalue weighted by Crippen LogP contribution is -2.26. The summed E-state index contributed by atoms with van der Waals surface area (Å²) in [6.45, 7) is 0.168. The Morgan fingerprint density at radius 2 is 2.00 bits per heavy atom. The van der Waals surface area contributed by atoms with Gasteiger partial charge in [0.05, 0.1) is 12.7 Å². The van der Waals surface area contributed by atoms with Crippen LogP contribution in [0.3, 0.4) is 0 Å². The average molecular weight is 320 g/mol. The highest BCUT2D eigenvalue weighted by Gasteiger charge is 2.10. The number of pyridine rings is 1. The van der Waals surface area contributed by atoms with E-state index in [4.69, 9.17) is 0 Å². The molecule has 1 amide bonds. The third kappa shape index (κ3) is 4.32. The van der Waals surface area contributed by atoms with Gasteiger partial charge in [-0.2, -0.15) is 0 Å². The van der Waals surface area contributed by atoms with Crippen LogP contribution in [0, 0.1) is 11.6 Å². The Bertz CT molecular complexity index is 718. The molecule has 1 heterocycles. The predicted octanol–water partition coefficient (Wildman–Crippen LogP) is 2.12. The van der Waals surface area contributed by atoms with E-state index in [1.54, 1.807) is 0 Å². The van der Waals surface area contributed by atoms with Crippen LogP contribution in [0.1, 0.15) is 26.4 Å². The molecule has 0 bridgehead atoms. The summed E-state index contributed by atoms with van der Waals surface area (Å²) < 4.78 is 30.8. The SMILES string of the molecule is COC(=O)c1ccc(C(=O)NCCc2ccc(F)cc2F)nc1. The normalized spacial score (nSPS) is 10.2. The van der Waals surface area contributed by atoms with E-state index in [1.165, 1.54) is 31.5 Å². The number of halogens is 2. The van der Waals surface area contributed by atoms with Crippen LogP contribution in [-0.2, 0) is 11.2 Å². The lowest BCUT2D eigenvalue weighted by Gasteiger charge is -2.06. The van der Waals surface area contributed by atoms with Crippen LogP contribution < -0.4 is 5.32 Å². The minimum absolute atomic E-state index is 0.122. The van der Waals surface area contributed by atoms with Crippen LogP contribution in [0.4, 0.5) is 8.78 Å². The number of rotatable bonds is 5. The van der Waals surface area contributed by atoms with Crippen LogP contribution >= 0.6 is 0 Å². The summed E-state index contributed by atoms with van der Waals surface area (Å²) in [6.07, 6.45) is 1.46. The van der Waals surface area contributed by atoms with Gasteiger partial charge in [-0.05, 0) is 30.2 Å². The van der Waals surface area contributed by atoms with Gasteiger partial charge in [0.25, 0.3) is 5.91 Å². The van der Waals surface area contributed by atoms with E-state index in [9.17, 15) is 18.4 Å². The number of ether oxygens (including phenoxy) is 1. The molecule has 2 rings (SSSR count). The van der Waals surface area contributed by atoms with Crippen LogP contribution in [0.5, 0.6) is 0 Å². The zero-order chi connectivity index (χ0) is 16.8. The molecule has 1 N–H and O–H groups in total. The average Bonchev–Trinajstić information content (AvgIpc) is 2.56. The summed E-state index contributed by atoms with van der Waals surface area (Å²) in [7, 11) is 1.25. The maximum absolute atomic E-state index is 13.4. The van der Waals surface area contributed by atoms with Gasteiger partial charge in [-0.1, -0.05) is 6.07 Å². The standard InChI is InChI=1S/C16H14F2N2O3/c1-23-16(22)11-3-5-14(20-9-11)15(21)19-7-6-10-2-4-12(17)8-13(10)18/h2-5,8-9H,6-7H2,1H3,(H,19,21). The molecular formula is C16H14F2N2O3. The van der Waals surface area contributed by atoms with Crippen molar-refractivity contribution in [2.75, 3.05) is 13.7 Å². The van der Waals surface area contributed by atoms with Gasteiger partial charge in [0.1, 0.15) is 17.3 Å². The van der Waals surface area contributed by atoms with Gasteiger partial charge in [-0.15, -0.1) is 0 Å². The van der Waals surface area contributed by atoms with E-state index in [0.717, 1.165) is 12.1 Å². The summed E-state index contributed by atoms with van der Waals surface area (Å²) in [4.78, 5) is 27.0. The maximum Gasteiger partial charge on any atom is 0.339 e. The number of hydrogen-bond acceptors (Lipinski definition) is 4. The molecule has 7 heteroatoms. The highest BCUT2D eigenvalue weighted by Crippen LogP contribution is 2.09. The maximum atomic E-state index is 13.4. The number of benzene rings is 1. The number of methoxy groups -OCH3 is 1. The third-order valence-corrected chi connectivity index (χ3v) is 3.11. The first kappa shape index (κ1) is 16.5. The molecule has 0 radical (unpaired) electrons. The van der Waals surface area contributed by atoms with E-state index in [-0.39, 0.29) is 24.2 Å². The highest BCUT2D eigenvalue weighted by atomic mass is 19.1. The third-order valence-electron chi connectivity index (χ3n) is 3.11. The number of esters is 1. The van der Waals surface area contributed by atoms with Gasteiger partial charge in [0, 0.05) is 18.8 Å². The van der Waals surface area contributed by atoms with Gasteiger partial charge in [-0.25, -0.2) is 13.6 Å². The van der Waals surface area contributed by atoms with Gasteiger partial charge >= 0.3 is 5.97 Å². The molecule has 0 saturated heterocycles. The Morgan fingerprint density at radius 3 is 2.61 bits per heavy atom. The zero-order valence-corrected chi connectivity index (χ0v) is 12.3. The van der Waals surface area contributed by atoms with Crippen molar-refractivity contribution < 1.29 is 23.1 Å². The Kier molecular flexibility index (Phi) is 5.35. The summed E-state index contributed by atoms with van der Waals surface area (Å²) in [6, 6.07) is 6.10. The predicted molar refractivity (Wildman–Crippen MR) is 78.0 cm³/mol. The fourth-order valence-electron chi connectivity index (χ4n) is 1.89. The summed E-state index contributed by atoms with van der Waals surface area (Å²) in [5.74, 6) is -2.30. The van der Waals surface area contributed by atoms with Gasteiger partial charge < -0.3 is 10.1 Å².